The summed E-state index contributed by atoms with van der Waals surface area (Å²) in [5.74, 6) is 1.24. The number of thiophene rings is 1. The molecular weight excluding hydrogens is 310 g/mol. The van der Waals surface area contributed by atoms with Crippen molar-refractivity contribution in [3.63, 3.8) is 0 Å². The van der Waals surface area contributed by atoms with E-state index in [1.54, 1.807) is 17.7 Å². The molecule has 2 unspecified atom stereocenters. The van der Waals surface area contributed by atoms with E-state index in [9.17, 15) is 4.79 Å². The minimum atomic E-state index is -0.162. The first-order valence-electron chi connectivity index (χ1n) is 8.17. The molecule has 4 heterocycles. The lowest BCUT2D eigenvalue weighted by molar-refractivity contribution is -0.134. The van der Waals surface area contributed by atoms with Crippen LogP contribution in [-0.4, -0.2) is 44.2 Å². The number of hydrogen-bond acceptors (Lipinski definition) is 5. The summed E-state index contributed by atoms with van der Waals surface area (Å²) in [5, 5.41) is 9.85. The maximum absolute atomic E-state index is 12.7. The fourth-order valence-corrected chi connectivity index (χ4v) is 4.40. The number of fused-ring (bicyclic) bond motifs is 2. The van der Waals surface area contributed by atoms with Crippen LogP contribution >= 0.6 is 11.3 Å². The van der Waals surface area contributed by atoms with Crippen LogP contribution in [0.2, 0.25) is 0 Å². The number of nitrogens with zero attached hydrogens (tertiary/aromatic N) is 4. The summed E-state index contributed by atoms with van der Waals surface area (Å²) >= 11 is 1.80. The summed E-state index contributed by atoms with van der Waals surface area (Å²) in [6.07, 6.45) is 4.52. The van der Waals surface area contributed by atoms with Crippen LogP contribution < -0.4 is 5.32 Å². The Morgan fingerprint density at radius 3 is 3.30 bits per heavy atom. The molecule has 23 heavy (non-hydrogen) atoms. The highest BCUT2D eigenvalue weighted by Gasteiger charge is 2.28. The molecular formula is C16H21N5OS. The first-order chi connectivity index (χ1) is 11.2. The van der Waals surface area contributed by atoms with E-state index in [0.29, 0.717) is 0 Å². The molecule has 122 valence electrons. The van der Waals surface area contributed by atoms with Gasteiger partial charge in [0.1, 0.15) is 12.2 Å². The molecule has 0 saturated carbocycles. The Hall–Kier alpha value is -1.73. The summed E-state index contributed by atoms with van der Waals surface area (Å²) in [5.41, 5.74) is 1.31. The van der Waals surface area contributed by atoms with E-state index in [1.165, 1.54) is 10.4 Å². The Kier molecular flexibility index (Phi) is 3.90. The highest BCUT2D eigenvalue weighted by atomic mass is 32.1. The van der Waals surface area contributed by atoms with Crippen LogP contribution in [0, 0.1) is 0 Å². The van der Waals surface area contributed by atoms with Crippen LogP contribution in [0.3, 0.4) is 0 Å². The lowest BCUT2D eigenvalue weighted by atomic mass is 10.1. The number of carbonyl (C=O) groups is 1. The van der Waals surface area contributed by atoms with Crippen molar-refractivity contribution in [3.05, 3.63) is 34.0 Å². The first-order valence-corrected chi connectivity index (χ1v) is 9.05. The number of hydrogen-bond donors (Lipinski definition) is 1. The van der Waals surface area contributed by atoms with Crippen molar-refractivity contribution in [1.29, 1.82) is 0 Å². The van der Waals surface area contributed by atoms with Crippen molar-refractivity contribution in [2.75, 3.05) is 6.54 Å². The molecule has 0 aromatic carbocycles. The summed E-state index contributed by atoms with van der Waals surface area (Å²) < 4.78 is 1.94. The fraction of sp³-hybridized carbons (Fsp3) is 0.562. The van der Waals surface area contributed by atoms with Crippen molar-refractivity contribution in [3.8, 4) is 0 Å². The predicted octanol–water partition coefficient (Wildman–Crippen LogP) is 1.22. The second kappa shape index (κ2) is 6.05. The standard InChI is InChI=1S/C16H21N5OS/c1-11(19-13-2-3-15-17-10-18-21(15)9-13)16(22)20-6-4-14-12(8-20)5-7-23-14/h5,7,10-11,13,19H,2-4,6,8-9H2,1H3. The first kappa shape index (κ1) is 14.8. The summed E-state index contributed by atoms with van der Waals surface area (Å²) in [6, 6.07) is 2.26. The lowest BCUT2D eigenvalue weighted by Crippen LogP contribution is -2.51. The van der Waals surface area contributed by atoms with E-state index in [2.05, 4.69) is 26.8 Å². The number of rotatable bonds is 3. The molecule has 6 nitrogen and oxygen atoms in total. The van der Waals surface area contributed by atoms with Crippen LogP contribution in [-0.2, 0) is 30.7 Å². The SMILES string of the molecule is CC(NC1CCc2ncnn2C1)C(=O)N1CCc2sccc2C1. The van der Waals surface area contributed by atoms with E-state index in [0.717, 1.165) is 44.7 Å². The van der Waals surface area contributed by atoms with Crippen LogP contribution in [0.4, 0.5) is 0 Å². The smallest absolute Gasteiger partial charge is 0.239 e. The maximum atomic E-state index is 12.7. The van der Waals surface area contributed by atoms with Crippen LogP contribution in [0.25, 0.3) is 0 Å². The molecule has 7 heteroatoms. The lowest BCUT2D eigenvalue weighted by Gasteiger charge is -2.32. The summed E-state index contributed by atoms with van der Waals surface area (Å²) in [7, 11) is 0. The fourth-order valence-electron chi connectivity index (χ4n) is 3.51. The van der Waals surface area contributed by atoms with Gasteiger partial charge in [0.05, 0.1) is 12.6 Å². The van der Waals surface area contributed by atoms with Gasteiger partial charge < -0.3 is 10.2 Å². The third kappa shape index (κ3) is 2.90. The molecule has 0 radical (unpaired) electrons. The molecule has 4 rings (SSSR count). The third-order valence-electron chi connectivity index (χ3n) is 4.78. The second-order valence-corrected chi connectivity index (χ2v) is 7.36. The molecule has 0 spiro atoms. The van der Waals surface area contributed by atoms with Gasteiger partial charge in [-0.3, -0.25) is 4.79 Å². The largest absolute Gasteiger partial charge is 0.337 e. The zero-order valence-electron chi connectivity index (χ0n) is 13.2. The van der Waals surface area contributed by atoms with Gasteiger partial charge in [-0.2, -0.15) is 5.10 Å². The molecule has 0 bridgehead atoms. The van der Waals surface area contributed by atoms with Crippen molar-refractivity contribution >= 4 is 17.2 Å². The number of nitrogens with one attached hydrogen (secondary N) is 1. The average molecular weight is 331 g/mol. The molecule has 0 saturated heterocycles. The number of carbonyl (C=O) groups excluding carboxylic acids is 1. The molecule has 2 aromatic heterocycles. The Bertz CT molecular complexity index is 709. The maximum Gasteiger partial charge on any atom is 0.239 e. The van der Waals surface area contributed by atoms with Gasteiger partial charge in [0, 0.05) is 30.4 Å². The van der Waals surface area contributed by atoms with Crippen LogP contribution in [0.1, 0.15) is 29.6 Å². The van der Waals surface area contributed by atoms with E-state index in [4.69, 9.17) is 0 Å². The highest BCUT2D eigenvalue weighted by Crippen LogP contribution is 2.24. The van der Waals surface area contributed by atoms with Crippen molar-refractivity contribution < 1.29 is 4.79 Å². The van der Waals surface area contributed by atoms with Gasteiger partial charge in [-0.05, 0) is 36.8 Å². The molecule has 2 aromatic rings. The highest BCUT2D eigenvalue weighted by molar-refractivity contribution is 7.10. The number of aromatic nitrogens is 3. The van der Waals surface area contributed by atoms with Gasteiger partial charge in [0.25, 0.3) is 0 Å². The molecule has 2 atom stereocenters. The van der Waals surface area contributed by atoms with Crippen LogP contribution in [0.5, 0.6) is 0 Å². The Morgan fingerprint density at radius 1 is 1.48 bits per heavy atom. The Labute approximate surface area is 139 Å². The van der Waals surface area contributed by atoms with Gasteiger partial charge in [-0.25, -0.2) is 9.67 Å². The van der Waals surface area contributed by atoms with E-state index < -0.39 is 0 Å². The zero-order chi connectivity index (χ0) is 15.8. The van der Waals surface area contributed by atoms with Crippen LogP contribution in [0.15, 0.2) is 17.8 Å². The molecule has 0 aliphatic carbocycles. The molecule has 1 N–H and O–H groups in total. The van der Waals surface area contributed by atoms with Crippen molar-refractivity contribution in [2.24, 2.45) is 0 Å². The van der Waals surface area contributed by atoms with Crippen molar-refractivity contribution in [2.45, 2.75) is 51.4 Å². The Balaban J connectivity index is 1.36. The number of aryl methyl sites for hydroxylation is 1. The summed E-state index contributed by atoms with van der Waals surface area (Å²) in [4.78, 5) is 20.4. The predicted molar refractivity (Wildman–Crippen MR) is 88.2 cm³/mol. The minimum Gasteiger partial charge on any atom is -0.337 e. The van der Waals surface area contributed by atoms with Crippen molar-refractivity contribution in [1.82, 2.24) is 25.0 Å². The second-order valence-electron chi connectivity index (χ2n) is 6.36. The summed E-state index contributed by atoms with van der Waals surface area (Å²) in [6.45, 7) is 4.35. The van der Waals surface area contributed by atoms with Gasteiger partial charge in [-0.1, -0.05) is 0 Å². The number of amides is 1. The van der Waals surface area contributed by atoms with Gasteiger partial charge in [-0.15, -0.1) is 11.3 Å². The van der Waals surface area contributed by atoms with E-state index in [1.807, 2.05) is 16.5 Å². The van der Waals surface area contributed by atoms with Gasteiger partial charge in [0.2, 0.25) is 5.91 Å². The molecule has 0 fully saturated rings. The zero-order valence-corrected chi connectivity index (χ0v) is 14.1. The normalized spacial score (nSPS) is 21.6. The van der Waals surface area contributed by atoms with E-state index in [-0.39, 0.29) is 18.0 Å². The van der Waals surface area contributed by atoms with E-state index >= 15 is 0 Å². The molecule has 2 aliphatic heterocycles. The molecule has 2 aliphatic rings. The molecule has 1 amide bonds. The van der Waals surface area contributed by atoms with Gasteiger partial charge in [0.15, 0.2) is 0 Å². The third-order valence-corrected chi connectivity index (χ3v) is 5.80. The monoisotopic (exact) mass is 331 g/mol. The minimum absolute atomic E-state index is 0.162. The van der Waals surface area contributed by atoms with Gasteiger partial charge >= 0.3 is 0 Å². The average Bonchev–Trinajstić information content (AvgIpc) is 3.21. The Morgan fingerprint density at radius 2 is 2.39 bits per heavy atom. The quantitative estimate of drug-likeness (QED) is 0.918. The topological polar surface area (TPSA) is 63.1 Å².